The number of rotatable bonds is 4. The predicted octanol–water partition coefficient (Wildman–Crippen LogP) is 2.78. The van der Waals surface area contributed by atoms with E-state index in [2.05, 4.69) is 22.4 Å². The molecule has 1 aliphatic heterocycles. The standard InChI is InChI=1S/C19H25N3OS/c20-13-15-2-1-3-16(12-15)14-21-18-6-4-17(5-7-18)19(23)22-8-10-24-11-9-22/h1-3,12,17-18,21H,4-11,14H2. The van der Waals surface area contributed by atoms with Crippen molar-refractivity contribution in [3.05, 3.63) is 35.4 Å². The molecule has 1 heterocycles. The maximum atomic E-state index is 12.6. The van der Waals surface area contributed by atoms with Crippen LogP contribution in [0, 0.1) is 17.2 Å². The molecule has 1 aromatic carbocycles. The van der Waals surface area contributed by atoms with E-state index >= 15 is 0 Å². The minimum Gasteiger partial charge on any atom is -0.341 e. The maximum absolute atomic E-state index is 12.6. The predicted molar refractivity (Wildman–Crippen MR) is 97.6 cm³/mol. The molecule has 0 radical (unpaired) electrons. The Hall–Kier alpha value is -1.51. The van der Waals surface area contributed by atoms with Gasteiger partial charge in [0.1, 0.15) is 0 Å². The van der Waals surface area contributed by atoms with Gasteiger partial charge in [0.05, 0.1) is 11.6 Å². The van der Waals surface area contributed by atoms with Crippen LogP contribution in [0.5, 0.6) is 0 Å². The zero-order valence-electron chi connectivity index (χ0n) is 14.0. The van der Waals surface area contributed by atoms with Gasteiger partial charge < -0.3 is 10.2 Å². The molecular formula is C19H25N3OS. The van der Waals surface area contributed by atoms with Crippen molar-refractivity contribution in [2.45, 2.75) is 38.3 Å². The molecule has 1 saturated heterocycles. The number of carbonyl (C=O) groups excluding carboxylic acids is 1. The van der Waals surface area contributed by atoms with E-state index in [0.29, 0.717) is 17.5 Å². The minimum absolute atomic E-state index is 0.230. The number of nitriles is 1. The third kappa shape index (κ3) is 4.52. The normalized spacial score (nSPS) is 24.4. The SMILES string of the molecule is N#Cc1cccc(CNC2CCC(C(=O)N3CCSCC3)CC2)c1. The molecule has 1 aliphatic carbocycles. The van der Waals surface area contributed by atoms with Crippen molar-refractivity contribution in [1.29, 1.82) is 5.26 Å². The van der Waals surface area contributed by atoms with Gasteiger partial charge in [0.2, 0.25) is 5.91 Å². The smallest absolute Gasteiger partial charge is 0.225 e. The molecule has 0 bridgehead atoms. The van der Waals surface area contributed by atoms with E-state index in [4.69, 9.17) is 5.26 Å². The van der Waals surface area contributed by atoms with Gasteiger partial charge in [-0.1, -0.05) is 12.1 Å². The minimum atomic E-state index is 0.230. The lowest BCUT2D eigenvalue weighted by Crippen LogP contribution is -2.44. The van der Waals surface area contributed by atoms with Gasteiger partial charge in [0, 0.05) is 43.1 Å². The first-order chi connectivity index (χ1) is 11.8. The van der Waals surface area contributed by atoms with Crippen LogP contribution in [0.15, 0.2) is 24.3 Å². The molecular weight excluding hydrogens is 318 g/mol. The van der Waals surface area contributed by atoms with Crippen molar-refractivity contribution in [2.24, 2.45) is 5.92 Å². The summed E-state index contributed by atoms with van der Waals surface area (Å²) in [5.41, 5.74) is 1.86. The molecule has 1 saturated carbocycles. The molecule has 3 rings (SSSR count). The maximum Gasteiger partial charge on any atom is 0.225 e. The zero-order valence-corrected chi connectivity index (χ0v) is 14.9. The van der Waals surface area contributed by atoms with Crippen molar-refractivity contribution in [2.75, 3.05) is 24.6 Å². The molecule has 0 unspecified atom stereocenters. The quantitative estimate of drug-likeness (QED) is 0.913. The Balaban J connectivity index is 1.43. The molecule has 1 N–H and O–H groups in total. The van der Waals surface area contributed by atoms with E-state index in [-0.39, 0.29) is 5.92 Å². The van der Waals surface area contributed by atoms with Crippen molar-refractivity contribution in [1.82, 2.24) is 10.2 Å². The lowest BCUT2D eigenvalue weighted by Gasteiger charge is -2.34. The average Bonchev–Trinajstić information content (AvgIpc) is 2.67. The van der Waals surface area contributed by atoms with Crippen LogP contribution in [0.4, 0.5) is 0 Å². The zero-order chi connectivity index (χ0) is 16.8. The Labute approximate surface area is 148 Å². The fourth-order valence-corrected chi connectivity index (χ4v) is 4.50. The highest BCUT2D eigenvalue weighted by atomic mass is 32.2. The number of nitrogens with one attached hydrogen (secondary N) is 1. The van der Waals surface area contributed by atoms with Crippen LogP contribution in [0.2, 0.25) is 0 Å². The Morgan fingerprint density at radius 2 is 2.00 bits per heavy atom. The van der Waals surface area contributed by atoms with Gasteiger partial charge in [-0.3, -0.25) is 4.79 Å². The first-order valence-electron chi connectivity index (χ1n) is 8.85. The lowest BCUT2D eigenvalue weighted by molar-refractivity contribution is -0.136. The highest BCUT2D eigenvalue weighted by Crippen LogP contribution is 2.27. The molecule has 128 valence electrons. The van der Waals surface area contributed by atoms with Crippen molar-refractivity contribution in [3.63, 3.8) is 0 Å². The van der Waals surface area contributed by atoms with Crippen molar-refractivity contribution < 1.29 is 4.79 Å². The molecule has 1 aromatic rings. The summed E-state index contributed by atoms with van der Waals surface area (Å²) in [6.07, 6.45) is 4.13. The third-order valence-corrected chi connectivity index (χ3v) is 5.99. The summed E-state index contributed by atoms with van der Waals surface area (Å²) in [5.74, 6) is 2.79. The Morgan fingerprint density at radius 1 is 1.25 bits per heavy atom. The number of hydrogen-bond acceptors (Lipinski definition) is 4. The number of carbonyl (C=O) groups is 1. The van der Waals surface area contributed by atoms with Crippen LogP contribution in [0.1, 0.15) is 36.8 Å². The topological polar surface area (TPSA) is 56.1 Å². The van der Waals surface area contributed by atoms with Gasteiger partial charge in [0.15, 0.2) is 0 Å². The van der Waals surface area contributed by atoms with E-state index in [9.17, 15) is 4.79 Å². The number of amides is 1. The molecule has 2 aliphatic rings. The number of thioether (sulfide) groups is 1. The van der Waals surface area contributed by atoms with Gasteiger partial charge >= 0.3 is 0 Å². The molecule has 4 nitrogen and oxygen atoms in total. The summed E-state index contributed by atoms with van der Waals surface area (Å²) >= 11 is 1.95. The van der Waals surface area contributed by atoms with Gasteiger partial charge in [0.25, 0.3) is 0 Å². The second-order valence-electron chi connectivity index (χ2n) is 6.68. The molecule has 0 atom stereocenters. The summed E-state index contributed by atoms with van der Waals surface area (Å²) in [7, 11) is 0. The Morgan fingerprint density at radius 3 is 2.71 bits per heavy atom. The van der Waals surface area contributed by atoms with Gasteiger partial charge in [-0.2, -0.15) is 17.0 Å². The van der Waals surface area contributed by atoms with E-state index < -0.39 is 0 Å². The van der Waals surface area contributed by atoms with Crippen LogP contribution in [0.3, 0.4) is 0 Å². The van der Waals surface area contributed by atoms with E-state index in [1.165, 1.54) is 0 Å². The Kier molecular flexibility index (Phi) is 6.17. The first kappa shape index (κ1) is 17.3. The lowest BCUT2D eigenvalue weighted by atomic mass is 9.85. The summed E-state index contributed by atoms with van der Waals surface area (Å²) < 4.78 is 0. The molecule has 2 fully saturated rings. The van der Waals surface area contributed by atoms with Crippen LogP contribution in [0.25, 0.3) is 0 Å². The van der Waals surface area contributed by atoms with Gasteiger partial charge in [-0.05, 0) is 43.4 Å². The monoisotopic (exact) mass is 343 g/mol. The number of nitrogens with zero attached hydrogens (tertiary/aromatic N) is 2. The molecule has 0 spiro atoms. The second kappa shape index (κ2) is 8.55. The largest absolute Gasteiger partial charge is 0.341 e. The number of benzene rings is 1. The van der Waals surface area contributed by atoms with Crippen LogP contribution >= 0.6 is 11.8 Å². The highest BCUT2D eigenvalue weighted by molar-refractivity contribution is 7.99. The fourth-order valence-electron chi connectivity index (χ4n) is 3.60. The van der Waals surface area contributed by atoms with Crippen LogP contribution in [-0.4, -0.2) is 41.4 Å². The summed E-state index contributed by atoms with van der Waals surface area (Å²) in [4.78, 5) is 14.6. The van der Waals surface area contributed by atoms with E-state index in [1.807, 2.05) is 30.0 Å². The molecule has 1 amide bonds. The Bertz CT molecular complexity index is 599. The van der Waals surface area contributed by atoms with Gasteiger partial charge in [-0.15, -0.1) is 0 Å². The van der Waals surface area contributed by atoms with E-state index in [1.54, 1.807) is 0 Å². The highest BCUT2D eigenvalue weighted by Gasteiger charge is 2.29. The summed E-state index contributed by atoms with van der Waals surface area (Å²) in [6, 6.07) is 10.4. The molecule has 0 aromatic heterocycles. The van der Waals surface area contributed by atoms with Crippen molar-refractivity contribution >= 4 is 17.7 Å². The van der Waals surface area contributed by atoms with Crippen LogP contribution in [-0.2, 0) is 11.3 Å². The van der Waals surface area contributed by atoms with E-state index in [0.717, 1.165) is 62.4 Å². The molecule has 24 heavy (non-hydrogen) atoms. The van der Waals surface area contributed by atoms with Crippen molar-refractivity contribution in [3.8, 4) is 6.07 Å². The summed E-state index contributed by atoms with van der Waals surface area (Å²) in [5, 5.41) is 12.6. The first-order valence-corrected chi connectivity index (χ1v) is 10.0. The molecule has 5 heteroatoms. The fraction of sp³-hybridized carbons (Fsp3) is 0.579. The van der Waals surface area contributed by atoms with Gasteiger partial charge in [-0.25, -0.2) is 0 Å². The summed E-state index contributed by atoms with van der Waals surface area (Å²) in [6.45, 7) is 2.65. The average molecular weight is 343 g/mol. The number of hydrogen-bond donors (Lipinski definition) is 1. The second-order valence-corrected chi connectivity index (χ2v) is 7.90. The third-order valence-electron chi connectivity index (χ3n) is 5.05. The van der Waals surface area contributed by atoms with Crippen LogP contribution < -0.4 is 5.32 Å².